The number of ether oxygens (including phenoxy) is 1. The molecule has 144 valence electrons. The fourth-order valence-electron chi connectivity index (χ4n) is 2.82. The van der Waals surface area contributed by atoms with Gasteiger partial charge in [-0.2, -0.15) is 0 Å². The number of nitrogens with one attached hydrogen (secondary N) is 1. The summed E-state index contributed by atoms with van der Waals surface area (Å²) in [6.45, 7) is 11.2. The molecule has 1 aromatic heterocycles. The molecule has 0 radical (unpaired) electrons. The Kier molecular flexibility index (Phi) is 6.54. The van der Waals surface area contributed by atoms with Crippen LogP contribution >= 0.6 is 11.3 Å². The van der Waals surface area contributed by atoms with E-state index in [1.54, 1.807) is 27.0 Å². The smallest absolute Gasteiger partial charge is 0.288 e. The third kappa shape index (κ3) is 3.95. The number of benzene rings is 1. The van der Waals surface area contributed by atoms with Crippen LogP contribution < -0.4 is 5.32 Å². The van der Waals surface area contributed by atoms with Crippen LogP contribution in [0.15, 0.2) is 46.9 Å². The first-order valence-corrected chi connectivity index (χ1v) is 9.24. The molecule has 0 fully saturated rings. The van der Waals surface area contributed by atoms with E-state index in [1.807, 2.05) is 13.8 Å². The molecule has 0 saturated heterocycles. The number of halogens is 2. The molecule has 0 saturated carbocycles. The first kappa shape index (κ1) is 20.8. The Morgan fingerprint density at radius 3 is 2.48 bits per heavy atom. The van der Waals surface area contributed by atoms with Crippen molar-refractivity contribution in [3.63, 3.8) is 0 Å². The van der Waals surface area contributed by atoms with Crippen LogP contribution in [0.5, 0.6) is 0 Å². The molecule has 0 spiro atoms. The van der Waals surface area contributed by atoms with Gasteiger partial charge in [0.05, 0.1) is 17.5 Å². The first-order valence-electron chi connectivity index (χ1n) is 8.43. The number of allylic oxidation sites excluding steroid dienone is 4. The standard InChI is InChI=1S/C21H24F2N2OS/c1-8-14(18(23)19(11(2)3)25-21(24-6)26-7)15-9-10-16(22)20-17(15)12(4)13(5)27-20/h8-10H,1H2,2-7H3,(H,24,25)/b18-14-. The van der Waals surface area contributed by atoms with Gasteiger partial charge in [-0.1, -0.05) is 18.7 Å². The number of aliphatic imine (C=N–C) groups is 1. The minimum atomic E-state index is -0.501. The van der Waals surface area contributed by atoms with Crippen molar-refractivity contribution >= 4 is 33.0 Å². The van der Waals surface area contributed by atoms with Crippen LogP contribution in [0.1, 0.15) is 29.9 Å². The van der Waals surface area contributed by atoms with Crippen molar-refractivity contribution in [3.8, 4) is 0 Å². The number of aryl methyl sites for hydroxylation is 2. The van der Waals surface area contributed by atoms with Crippen LogP contribution in [0.25, 0.3) is 15.7 Å². The van der Waals surface area contributed by atoms with Gasteiger partial charge in [-0.05, 0) is 50.5 Å². The minimum absolute atomic E-state index is 0.191. The number of thiophene rings is 1. The number of hydrogen-bond acceptors (Lipinski definition) is 3. The summed E-state index contributed by atoms with van der Waals surface area (Å²) >= 11 is 1.37. The molecule has 3 nitrogen and oxygen atoms in total. The lowest BCUT2D eigenvalue weighted by Gasteiger charge is -2.15. The third-order valence-electron chi connectivity index (χ3n) is 4.35. The molecule has 2 rings (SSSR count). The maximum Gasteiger partial charge on any atom is 0.288 e. The fraction of sp³-hybridized carbons (Fsp3) is 0.286. The maximum absolute atomic E-state index is 15.6. The average molecular weight is 390 g/mol. The Balaban J connectivity index is 2.78. The highest BCUT2D eigenvalue weighted by atomic mass is 32.1. The summed E-state index contributed by atoms with van der Waals surface area (Å²) in [4.78, 5) is 4.93. The second-order valence-electron chi connectivity index (χ2n) is 6.25. The Morgan fingerprint density at radius 1 is 1.30 bits per heavy atom. The highest BCUT2D eigenvalue weighted by Gasteiger charge is 2.20. The molecule has 0 atom stereocenters. The maximum atomic E-state index is 15.6. The van der Waals surface area contributed by atoms with E-state index in [4.69, 9.17) is 4.74 Å². The lowest BCUT2D eigenvalue weighted by atomic mass is 9.96. The topological polar surface area (TPSA) is 33.6 Å². The predicted octanol–water partition coefficient (Wildman–Crippen LogP) is 6.04. The third-order valence-corrected chi connectivity index (χ3v) is 5.56. The van der Waals surface area contributed by atoms with Crippen LogP contribution in [-0.2, 0) is 4.74 Å². The molecule has 1 aromatic carbocycles. The summed E-state index contributed by atoms with van der Waals surface area (Å²) in [6, 6.07) is 3.16. The lowest BCUT2D eigenvalue weighted by Crippen LogP contribution is -2.25. The monoisotopic (exact) mass is 390 g/mol. The molecule has 1 N–H and O–H groups in total. The Morgan fingerprint density at radius 2 is 1.96 bits per heavy atom. The summed E-state index contributed by atoms with van der Waals surface area (Å²) in [5, 5.41) is 3.59. The van der Waals surface area contributed by atoms with Crippen LogP contribution in [-0.4, -0.2) is 20.2 Å². The number of amidine groups is 1. The molecular formula is C21H24F2N2OS. The molecule has 0 aliphatic rings. The van der Waals surface area contributed by atoms with Gasteiger partial charge >= 0.3 is 0 Å². The first-order chi connectivity index (χ1) is 12.8. The van der Waals surface area contributed by atoms with Gasteiger partial charge in [-0.25, -0.2) is 13.8 Å². The SMILES string of the molecule is C=C/C(=C(/F)C(NC(=NC)OC)=C(C)C)c1ccc(F)c2sc(C)c(C)c12. The summed E-state index contributed by atoms with van der Waals surface area (Å²) in [5.41, 5.74) is 2.79. The molecule has 27 heavy (non-hydrogen) atoms. The fourth-order valence-corrected chi connectivity index (χ4v) is 3.91. The second kappa shape index (κ2) is 8.48. The summed E-state index contributed by atoms with van der Waals surface area (Å²) in [5.74, 6) is -0.807. The van der Waals surface area contributed by atoms with Gasteiger partial charge in [-0.3, -0.25) is 0 Å². The highest BCUT2D eigenvalue weighted by Crippen LogP contribution is 2.39. The van der Waals surface area contributed by atoms with Crippen LogP contribution in [0, 0.1) is 19.7 Å². The van der Waals surface area contributed by atoms with E-state index in [-0.39, 0.29) is 23.1 Å². The zero-order valence-electron chi connectivity index (χ0n) is 16.5. The van der Waals surface area contributed by atoms with Crippen LogP contribution in [0.2, 0.25) is 0 Å². The van der Waals surface area contributed by atoms with Gasteiger partial charge in [0.25, 0.3) is 6.02 Å². The highest BCUT2D eigenvalue weighted by molar-refractivity contribution is 7.19. The van der Waals surface area contributed by atoms with E-state index in [2.05, 4.69) is 16.9 Å². The van der Waals surface area contributed by atoms with Gasteiger partial charge < -0.3 is 10.1 Å². The number of hydrogen-bond donors (Lipinski definition) is 1. The van der Waals surface area contributed by atoms with E-state index in [0.29, 0.717) is 21.2 Å². The van der Waals surface area contributed by atoms with Gasteiger partial charge in [0.1, 0.15) is 5.82 Å². The predicted molar refractivity (Wildman–Crippen MR) is 111 cm³/mol. The molecule has 6 heteroatoms. The van der Waals surface area contributed by atoms with Gasteiger partial charge in [0.15, 0.2) is 5.83 Å². The van der Waals surface area contributed by atoms with Crippen molar-refractivity contribution in [2.75, 3.05) is 14.2 Å². The normalized spacial score (nSPS) is 12.7. The average Bonchev–Trinajstić information content (AvgIpc) is 2.94. The largest absolute Gasteiger partial charge is 0.468 e. The van der Waals surface area contributed by atoms with E-state index >= 15 is 4.39 Å². The van der Waals surface area contributed by atoms with Gasteiger partial charge in [-0.15, -0.1) is 11.3 Å². The summed E-state index contributed by atoms with van der Waals surface area (Å²) < 4.78 is 35.5. The van der Waals surface area contributed by atoms with E-state index in [9.17, 15) is 4.39 Å². The molecule has 0 amide bonds. The van der Waals surface area contributed by atoms with Gasteiger partial charge in [0, 0.05) is 22.9 Å². The number of rotatable bonds is 4. The number of nitrogens with zero attached hydrogens (tertiary/aromatic N) is 1. The molecule has 0 aliphatic carbocycles. The van der Waals surface area contributed by atoms with E-state index < -0.39 is 5.83 Å². The quantitative estimate of drug-likeness (QED) is 0.392. The molecular weight excluding hydrogens is 366 g/mol. The number of fused-ring (bicyclic) bond motifs is 1. The Hall–Kier alpha value is -2.47. The van der Waals surface area contributed by atoms with Crippen LogP contribution in [0.3, 0.4) is 0 Å². The van der Waals surface area contributed by atoms with E-state index in [0.717, 1.165) is 10.4 Å². The van der Waals surface area contributed by atoms with Crippen molar-refractivity contribution in [3.05, 3.63) is 63.7 Å². The van der Waals surface area contributed by atoms with Gasteiger partial charge in [0.2, 0.25) is 0 Å². The van der Waals surface area contributed by atoms with Crippen molar-refractivity contribution in [1.82, 2.24) is 5.32 Å². The molecule has 1 heterocycles. The Labute approximate surface area is 162 Å². The number of methoxy groups -OCH3 is 1. The molecule has 0 aliphatic heterocycles. The zero-order chi connectivity index (χ0) is 20.3. The molecule has 0 unspecified atom stereocenters. The summed E-state index contributed by atoms with van der Waals surface area (Å²) in [7, 11) is 3.00. The minimum Gasteiger partial charge on any atom is -0.468 e. The molecule has 2 aromatic rings. The Bertz CT molecular complexity index is 980. The lowest BCUT2D eigenvalue weighted by molar-refractivity contribution is 0.384. The molecule has 0 bridgehead atoms. The zero-order valence-corrected chi connectivity index (χ0v) is 17.3. The van der Waals surface area contributed by atoms with Crippen LogP contribution in [0.4, 0.5) is 8.78 Å². The summed E-state index contributed by atoms with van der Waals surface area (Å²) in [6.07, 6.45) is 1.45. The van der Waals surface area contributed by atoms with Crippen molar-refractivity contribution in [2.24, 2.45) is 4.99 Å². The van der Waals surface area contributed by atoms with Crippen molar-refractivity contribution in [2.45, 2.75) is 27.7 Å². The van der Waals surface area contributed by atoms with Crippen molar-refractivity contribution in [1.29, 1.82) is 0 Å². The second-order valence-corrected chi connectivity index (χ2v) is 7.47. The van der Waals surface area contributed by atoms with Crippen molar-refractivity contribution < 1.29 is 13.5 Å². The van der Waals surface area contributed by atoms with E-state index in [1.165, 1.54) is 30.6 Å².